The molecule has 3 heteroatoms. The summed E-state index contributed by atoms with van der Waals surface area (Å²) < 4.78 is 5.09. The van der Waals surface area contributed by atoms with Gasteiger partial charge in [0.05, 0.1) is 0 Å². The molecule has 0 amide bonds. The summed E-state index contributed by atoms with van der Waals surface area (Å²) in [7, 11) is 0. The minimum absolute atomic E-state index is 0.259. The van der Waals surface area contributed by atoms with Crippen LogP contribution in [0, 0.1) is 0 Å². The number of hydrogen-bond acceptors (Lipinski definition) is 3. The number of rotatable bonds is 0. The maximum atomic E-state index is 9.06. The second-order valence-electron chi connectivity index (χ2n) is 2.43. The first kappa shape index (κ1) is 5.41. The van der Waals surface area contributed by atoms with Crippen LogP contribution in [-0.2, 0) is 4.74 Å². The molecule has 1 saturated heterocycles. The third-order valence-corrected chi connectivity index (χ3v) is 1.83. The zero-order chi connectivity index (χ0) is 6.43. The lowest BCUT2D eigenvalue weighted by Gasteiger charge is -2.13. The molecule has 3 nitrogen and oxygen atoms in total. The van der Waals surface area contributed by atoms with Crippen molar-refractivity contribution in [3.05, 3.63) is 12.2 Å². The second-order valence-corrected chi connectivity index (χ2v) is 2.43. The minimum Gasteiger partial charge on any atom is -0.387 e. The van der Waals surface area contributed by atoms with Crippen molar-refractivity contribution in [2.45, 2.75) is 24.4 Å². The molecule has 0 unspecified atom stereocenters. The molecule has 1 fully saturated rings. The Bertz CT molecular complexity index is 138. The van der Waals surface area contributed by atoms with E-state index in [0.717, 1.165) is 0 Å². The molecule has 0 aromatic rings. The summed E-state index contributed by atoms with van der Waals surface area (Å²) in [5.41, 5.74) is 0. The molecule has 0 aliphatic carbocycles. The Labute approximate surface area is 52.6 Å². The van der Waals surface area contributed by atoms with Crippen LogP contribution in [0.3, 0.4) is 0 Å². The molecule has 0 radical (unpaired) electrons. The maximum Gasteiger partial charge on any atom is 0.112 e. The fraction of sp³-hybridized carbons (Fsp3) is 0.667. The van der Waals surface area contributed by atoms with Crippen LogP contribution in [0.15, 0.2) is 12.2 Å². The van der Waals surface area contributed by atoms with E-state index in [1.54, 1.807) is 12.2 Å². The van der Waals surface area contributed by atoms with Crippen molar-refractivity contribution < 1.29 is 14.9 Å². The third-order valence-electron chi connectivity index (χ3n) is 1.83. The number of aliphatic hydroxyl groups excluding tert-OH is 2. The van der Waals surface area contributed by atoms with E-state index in [1.807, 2.05) is 0 Å². The molecule has 2 rings (SSSR count). The predicted molar refractivity (Wildman–Crippen MR) is 29.8 cm³/mol. The van der Waals surface area contributed by atoms with Gasteiger partial charge in [-0.3, -0.25) is 0 Å². The zero-order valence-corrected chi connectivity index (χ0v) is 4.77. The number of hydrogen-bond donors (Lipinski definition) is 2. The van der Waals surface area contributed by atoms with E-state index in [2.05, 4.69) is 0 Å². The highest BCUT2D eigenvalue weighted by Gasteiger charge is 2.43. The van der Waals surface area contributed by atoms with Crippen LogP contribution in [0.4, 0.5) is 0 Å². The Balaban J connectivity index is 2.26. The van der Waals surface area contributed by atoms with Crippen LogP contribution in [0.25, 0.3) is 0 Å². The Morgan fingerprint density at radius 3 is 1.67 bits per heavy atom. The van der Waals surface area contributed by atoms with Gasteiger partial charge in [-0.2, -0.15) is 0 Å². The largest absolute Gasteiger partial charge is 0.387 e. The van der Waals surface area contributed by atoms with Gasteiger partial charge >= 0.3 is 0 Å². The number of aliphatic hydroxyl groups is 2. The molecule has 0 aromatic heterocycles. The summed E-state index contributed by atoms with van der Waals surface area (Å²) in [5.74, 6) is 0. The summed E-state index contributed by atoms with van der Waals surface area (Å²) >= 11 is 0. The molecule has 2 bridgehead atoms. The van der Waals surface area contributed by atoms with E-state index >= 15 is 0 Å². The van der Waals surface area contributed by atoms with Crippen LogP contribution >= 0.6 is 0 Å². The first-order valence-electron chi connectivity index (χ1n) is 2.99. The zero-order valence-electron chi connectivity index (χ0n) is 4.77. The van der Waals surface area contributed by atoms with Crippen molar-refractivity contribution in [2.75, 3.05) is 0 Å². The normalized spacial score (nSPS) is 54.9. The van der Waals surface area contributed by atoms with Crippen LogP contribution < -0.4 is 0 Å². The first-order chi connectivity index (χ1) is 4.29. The Morgan fingerprint density at radius 2 is 1.44 bits per heavy atom. The molecule has 0 spiro atoms. The highest BCUT2D eigenvalue weighted by molar-refractivity contribution is 5.15. The van der Waals surface area contributed by atoms with Gasteiger partial charge < -0.3 is 14.9 Å². The minimum atomic E-state index is -0.708. The summed E-state index contributed by atoms with van der Waals surface area (Å²) in [4.78, 5) is 0. The molecular weight excluding hydrogens is 120 g/mol. The lowest BCUT2D eigenvalue weighted by Crippen LogP contribution is -2.33. The molecule has 0 saturated carbocycles. The van der Waals surface area contributed by atoms with Gasteiger partial charge in [0.1, 0.15) is 24.4 Å². The summed E-state index contributed by atoms with van der Waals surface area (Å²) in [5, 5.41) is 18.1. The van der Waals surface area contributed by atoms with Crippen molar-refractivity contribution in [3.63, 3.8) is 0 Å². The first-order valence-corrected chi connectivity index (χ1v) is 2.99. The number of fused-ring (bicyclic) bond motifs is 2. The lowest BCUT2D eigenvalue weighted by molar-refractivity contribution is 0.0356. The molecule has 0 aromatic carbocycles. The third kappa shape index (κ3) is 0.566. The molecule has 50 valence electrons. The van der Waals surface area contributed by atoms with Gasteiger partial charge in [0.15, 0.2) is 0 Å². The summed E-state index contributed by atoms with van der Waals surface area (Å²) in [6.07, 6.45) is 1.62. The number of ether oxygens (including phenoxy) is 1. The van der Waals surface area contributed by atoms with Gasteiger partial charge in [0, 0.05) is 0 Å². The van der Waals surface area contributed by atoms with Crippen molar-refractivity contribution >= 4 is 0 Å². The molecular formula is C6H8O3. The van der Waals surface area contributed by atoms with E-state index in [0.29, 0.717) is 0 Å². The smallest absolute Gasteiger partial charge is 0.112 e. The van der Waals surface area contributed by atoms with Gasteiger partial charge in [0.2, 0.25) is 0 Å². The molecule has 2 N–H and O–H groups in total. The van der Waals surface area contributed by atoms with Crippen molar-refractivity contribution in [2.24, 2.45) is 0 Å². The summed E-state index contributed by atoms with van der Waals surface area (Å²) in [6, 6.07) is 0. The Hall–Kier alpha value is -0.380. The average Bonchev–Trinajstić information content (AvgIpc) is 2.37. The van der Waals surface area contributed by atoms with Gasteiger partial charge in [-0.15, -0.1) is 0 Å². The van der Waals surface area contributed by atoms with Gasteiger partial charge in [-0.05, 0) is 0 Å². The molecule has 2 heterocycles. The quantitative estimate of drug-likeness (QED) is 0.413. The molecule has 9 heavy (non-hydrogen) atoms. The van der Waals surface area contributed by atoms with E-state index < -0.39 is 12.2 Å². The molecule has 2 aliphatic heterocycles. The fourth-order valence-corrected chi connectivity index (χ4v) is 1.27. The second kappa shape index (κ2) is 1.56. The van der Waals surface area contributed by atoms with Crippen LogP contribution in [0.1, 0.15) is 0 Å². The van der Waals surface area contributed by atoms with E-state index in [9.17, 15) is 0 Å². The Kier molecular flexibility index (Phi) is 0.939. The van der Waals surface area contributed by atoms with Crippen LogP contribution in [0.2, 0.25) is 0 Å². The lowest BCUT2D eigenvalue weighted by atomic mass is 10.0. The highest BCUT2D eigenvalue weighted by Crippen LogP contribution is 2.28. The van der Waals surface area contributed by atoms with Crippen molar-refractivity contribution in [3.8, 4) is 0 Å². The van der Waals surface area contributed by atoms with E-state index in [-0.39, 0.29) is 12.2 Å². The van der Waals surface area contributed by atoms with Gasteiger partial charge in [-0.25, -0.2) is 0 Å². The molecule has 4 atom stereocenters. The predicted octanol–water partition coefficient (Wildman–Crippen LogP) is -0.955. The average molecular weight is 128 g/mol. The standard InChI is InChI=1S/C6H8O3/c7-5-3-1-2-4(9-3)6(5)8/h1-8H/t3-,4+,5+,6-. The fourth-order valence-electron chi connectivity index (χ4n) is 1.27. The van der Waals surface area contributed by atoms with Crippen LogP contribution in [0.5, 0.6) is 0 Å². The maximum absolute atomic E-state index is 9.06. The topological polar surface area (TPSA) is 49.7 Å². The van der Waals surface area contributed by atoms with Crippen LogP contribution in [-0.4, -0.2) is 34.6 Å². The molecule has 2 aliphatic rings. The van der Waals surface area contributed by atoms with E-state index in [1.165, 1.54) is 0 Å². The van der Waals surface area contributed by atoms with Gasteiger partial charge in [0.25, 0.3) is 0 Å². The summed E-state index contributed by atoms with van der Waals surface area (Å²) in [6.45, 7) is 0. The van der Waals surface area contributed by atoms with Crippen molar-refractivity contribution in [1.29, 1.82) is 0 Å². The monoisotopic (exact) mass is 128 g/mol. The van der Waals surface area contributed by atoms with Crippen molar-refractivity contribution in [1.82, 2.24) is 0 Å². The Morgan fingerprint density at radius 1 is 1.00 bits per heavy atom. The SMILES string of the molecule is O[C@@H]1[C@H](O)[C@@H]2C=C[C@H]1O2. The highest BCUT2D eigenvalue weighted by atomic mass is 16.5. The van der Waals surface area contributed by atoms with Gasteiger partial charge in [-0.1, -0.05) is 12.2 Å². The van der Waals surface area contributed by atoms with E-state index in [4.69, 9.17) is 14.9 Å².